The van der Waals surface area contributed by atoms with E-state index in [0.29, 0.717) is 5.69 Å². The number of nitrogens with one attached hydrogen (secondary N) is 3. The van der Waals surface area contributed by atoms with Crippen molar-refractivity contribution in [2.24, 2.45) is 17.3 Å². The topological polar surface area (TPSA) is 151 Å². The number of carbonyl (C=O) groups excluding carboxylic acids is 6. The van der Waals surface area contributed by atoms with E-state index in [2.05, 4.69) is 29.8 Å². The van der Waals surface area contributed by atoms with Crippen LogP contribution in [0.4, 0.5) is 5.69 Å². The van der Waals surface area contributed by atoms with Crippen LogP contribution in [0, 0.1) is 17.3 Å². The number of hydrogen-bond donors (Lipinski definition) is 3. The summed E-state index contributed by atoms with van der Waals surface area (Å²) in [6.45, 7) is 16.3. The van der Waals surface area contributed by atoms with Crippen LogP contribution in [0.1, 0.15) is 106 Å². The van der Waals surface area contributed by atoms with Gasteiger partial charge in [-0.3, -0.25) is 33.7 Å². The molecule has 0 fully saturated rings. The molecule has 0 bridgehead atoms. The summed E-state index contributed by atoms with van der Waals surface area (Å²) in [7, 11) is 0. The fraction of sp³-hybridized carbons (Fsp3) is 0.611. The summed E-state index contributed by atoms with van der Waals surface area (Å²) in [5.41, 5.74) is -0.684. The highest BCUT2D eigenvalue weighted by molar-refractivity contribution is 6.13. The minimum Gasteiger partial charge on any atom is -0.461 e. The molecule has 0 radical (unpaired) electrons. The third-order valence-corrected chi connectivity index (χ3v) is 8.37. The fourth-order valence-corrected chi connectivity index (χ4v) is 5.86. The Morgan fingerprint density at radius 2 is 1.43 bits per heavy atom. The Balaban J connectivity index is 1.95. The van der Waals surface area contributed by atoms with Crippen LogP contribution < -0.4 is 16.0 Å². The summed E-state index contributed by atoms with van der Waals surface area (Å²) in [6, 6.07) is 5.11. The standard InChI is InChI=1S/C36H54N4O7/c1-10-12-14-26(13-11-2)33(45)47-21-25-15-17-27(18-16-25)38-31(43)24(5)37-32(44)30(23(3)4)39-34(46)35(6,7)22-36(8,9)40-28(41)19-20-29(40)42/h15-20,23-24,26,30H,10-14,21-22H2,1-9H3,(H,37,44)(H,38,43)(H,39,46)/t24-,26?,30-/m0/s1. The first-order chi connectivity index (χ1) is 21.9. The number of esters is 1. The van der Waals surface area contributed by atoms with E-state index in [0.717, 1.165) is 42.6 Å². The van der Waals surface area contributed by atoms with Crippen molar-refractivity contribution in [1.29, 1.82) is 0 Å². The first kappa shape index (κ1) is 39.2. The van der Waals surface area contributed by atoms with Crippen molar-refractivity contribution in [3.63, 3.8) is 0 Å². The molecule has 11 nitrogen and oxygen atoms in total. The molecule has 0 saturated carbocycles. The number of ether oxygens (including phenoxy) is 1. The van der Waals surface area contributed by atoms with Gasteiger partial charge >= 0.3 is 5.97 Å². The number of unbranched alkanes of at least 4 members (excludes halogenated alkanes) is 1. The third-order valence-electron chi connectivity index (χ3n) is 8.37. The quantitative estimate of drug-likeness (QED) is 0.148. The lowest BCUT2D eigenvalue weighted by Crippen LogP contribution is -2.57. The zero-order valence-corrected chi connectivity index (χ0v) is 29.5. The summed E-state index contributed by atoms with van der Waals surface area (Å²) in [5, 5.41) is 8.28. The summed E-state index contributed by atoms with van der Waals surface area (Å²) in [4.78, 5) is 77.8. The molecule has 11 heteroatoms. The highest BCUT2D eigenvalue weighted by Gasteiger charge is 2.44. The number of nitrogens with zero attached hydrogens (tertiary/aromatic N) is 1. The maximum atomic E-state index is 13.4. The molecular weight excluding hydrogens is 600 g/mol. The molecule has 0 spiro atoms. The lowest BCUT2D eigenvalue weighted by molar-refractivity contribution is -0.150. The van der Waals surface area contributed by atoms with Gasteiger partial charge in [0.25, 0.3) is 11.8 Å². The Kier molecular flexibility index (Phi) is 14.3. The number of carbonyl (C=O) groups is 6. The number of amides is 5. The molecule has 1 aromatic rings. The molecule has 1 heterocycles. The van der Waals surface area contributed by atoms with Crippen LogP contribution in [0.25, 0.3) is 0 Å². The van der Waals surface area contributed by atoms with E-state index in [-0.39, 0.29) is 30.8 Å². The van der Waals surface area contributed by atoms with E-state index >= 15 is 0 Å². The number of rotatable bonds is 18. The lowest BCUT2D eigenvalue weighted by Gasteiger charge is -2.40. The van der Waals surface area contributed by atoms with Crippen LogP contribution >= 0.6 is 0 Å². The normalized spacial score (nSPS) is 15.3. The molecule has 1 aromatic carbocycles. The molecule has 1 aliphatic rings. The molecule has 0 aliphatic carbocycles. The summed E-state index contributed by atoms with van der Waals surface area (Å²) < 4.78 is 5.55. The van der Waals surface area contributed by atoms with E-state index in [1.165, 1.54) is 12.2 Å². The van der Waals surface area contributed by atoms with E-state index in [1.54, 1.807) is 72.7 Å². The van der Waals surface area contributed by atoms with Crippen molar-refractivity contribution in [2.45, 2.75) is 125 Å². The van der Waals surface area contributed by atoms with E-state index < -0.39 is 52.6 Å². The molecule has 3 N–H and O–H groups in total. The molecule has 260 valence electrons. The highest BCUT2D eigenvalue weighted by atomic mass is 16.5. The Morgan fingerprint density at radius 1 is 0.830 bits per heavy atom. The molecule has 3 atom stereocenters. The molecule has 5 amide bonds. The summed E-state index contributed by atoms with van der Waals surface area (Å²) in [5.74, 6) is -2.81. The second-order valence-electron chi connectivity index (χ2n) is 14.1. The van der Waals surface area contributed by atoms with Crippen molar-refractivity contribution in [3.05, 3.63) is 42.0 Å². The third kappa shape index (κ3) is 11.3. The van der Waals surface area contributed by atoms with Crippen molar-refractivity contribution < 1.29 is 33.5 Å². The van der Waals surface area contributed by atoms with Crippen LogP contribution in [0.2, 0.25) is 0 Å². The second kappa shape index (κ2) is 17.2. The van der Waals surface area contributed by atoms with Gasteiger partial charge in [-0.1, -0.05) is 72.9 Å². The Morgan fingerprint density at radius 3 is 1.96 bits per heavy atom. The molecule has 1 unspecified atom stereocenters. The van der Waals surface area contributed by atoms with Gasteiger partial charge < -0.3 is 20.7 Å². The van der Waals surface area contributed by atoms with E-state index in [1.807, 2.05) is 0 Å². The first-order valence-electron chi connectivity index (χ1n) is 16.7. The van der Waals surface area contributed by atoms with Crippen molar-refractivity contribution in [2.75, 3.05) is 5.32 Å². The monoisotopic (exact) mass is 654 g/mol. The average molecular weight is 655 g/mol. The van der Waals surface area contributed by atoms with E-state index in [4.69, 9.17) is 4.74 Å². The maximum Gasteiger partial charge on any atom is 0.309 e. The second-order valence-corrected chi connectivity index (χ2v) is 14.1. The predicted octanol–water partition coefficient (Wildman–Crippen LogP) is 5.04. The number of hydrogen-bond acceptors (Lipinski definition) is 7. The smallest absolute Gasteiger partial charge is 0.309 e. The van der Waals surface area contributed by atoms with Gasteiger partial charge in [0.15, 0.2) is 0 Å². The first-order valence-corrected chi connectivity index (χ1v) is 16.7. The van der Waals surface area contributed by atoms with Crippen LogP contribution in [-0.4, -0.2) is 58.0 Å². The molecule has 0 aromatic heterocycles. The van der Waals surface area contributed by atoms with Crippen molar-refractivity contribution in [3.8, 4) is 0 Å². The number of imide groups is 1. The molecule has 2 rings (SSSR count). The molecule has 1 aliphatic heterocycles. The Hall–Kier alpha value is -4.02. The zero-order valence-electron chi connectivity index (χ0n) is 29.5. The molecular formula is C36H54N4O7. The van der Waals surface area contributed by atoms with Gasteiger partial charge in [0, 0.05) is 28.8 Å². The largest absolute Gasteiger partial charge is 0.461 e. The van der Waals surface area contributed by atoms with Crippen molar-refractivity contribution in [1.82, 2.24) is 15.5 Å². The van der Waals surface area contributed by atoms with Crippen LogP contribution in [0.15, 0.2) is 36.4 Å². The number of benzene rings is 1. The van der Waals surface area contributed by atoms with Gasteiger partial charge in [-0.25, -0.2) is 0 Å². The van der Waals surface area contributed by atoms with Gasteiger partial charge in [0.2, 0.25) is 17.7 Å². The lowest BCUT2D eigenvalue weighted by atomic mass is 9.78. The van der Waals surface area contributed by atoms with Crippen molar-refractivity contribution >= 4 is 41.2 Å². The van der Waals surface area contributed by atoms with Gasteiger partial charge in [-0.05, 0) is 63.6 Å². The maximum absolute atomic E-state index is 13.4. The zero-order chi connectivity index (χ0) is 35.5. The minimum absolute atomic E-state index is 0.0890. The Bertz CT molecular complexity index is 1300. The average Bonchev–Trinajstić information content (AvgIpc) is 3.34. The Labute approximate surface area is 279 Å². The van der Waals surface area contributed by atoms with Gasteiger partial charge in [0.1, 0.15) is 18.7 Å². The van der Waals surface area contributed by atoms with Gasteiger partial charge in [0.05, 0.1) is 5.92 Å². The fourth-order valence-electron chi connectivity index (χ4n) is 5.86. The van der Waals surface area contributed by atoms with Gasteiger partial charge in [-0.2, -0.15) is 0 Å². The molecule has 0 saturated heterocycles. The number of anilines is 1. The molecule has 47 heavy (non-hydrogen) atoms. The highest BCUT2D eigenvalue weighted by Crippen LogP contribution is 2.34. The van der Waals surface area contributed by atoms with Crippen LogP contribution in [-0.2, 0) is 40.1 Å². The summed E-state index contributed by atoms with van der Waals surface area (Å²) >= 11 is 0. The van der Waals surface area contributed by atoms with Crippen LogP contribution in [0.5, 0.6) is 0 Å². The SMILES string of the molecule is CCCCC(CCC)C(=O)OCc1ccc(NC(=O)[C@H](C)NC(=O)[C@@H](NC(=O)C(C)(C)CC(C)(C)N2C(=O)C=CC2=O)C(C)C)cc1. The van der Waals surface area contributed by atoms with Crippen LogP contribution in [0.3, 0.4) is 0 Å². The van der Waals surface area contributed by atoms with Gasteiger partial charge in [-0.15, -0.1) is 0 Å². The predicted molar refractivity (Wildman–Crippen MR) is 181 cm³/mol. The van der Waals surface area contributed by atoms with E-state index in [9.17, 15) is 28.8 Å². The summed E-state index contributed by atoms with van der Waals surface area (Å²) in [6.07, 6.45) is 7.15. The minimum atomic E-state index is -1.04.